The van der Waals surface area contributed by atoms with E-state index in [-0.39, 0.29) is 5.69 Å². The highest BCUT2D eigenvalue weighted by Crippen LogP contribution is 2.24. The summed E-state index contributed by atoms with van der Waals surface area (Å²) in [6, 6.07) is 1.33. The Morgan fingerprint density at radius 3 is 2.91 bits per heavy atom. The van der Waals surface area contributed by atoms with Crippen LogP contribution in [0.4, 0.5) is 8.78 Å². The number of allylic oxidation sites excluding steroid dienone is 2. The monoisotopic (exact) mass is 307 g/mol. The van der Waals surface area contributed by atoms with Crippen LogP contribution in [0.1, 0.15) is 32.4 Å². The fraction of sp³-hybridized carbons (Fsp3) is 0.471. The van der Waals surface area contributed by atoms with Crippen LogP contribution in [-0.2, 0) is 12.5 Å². The molecule has 1 rings (SSSR count). The molecule has 0 amide bonds. The van der Waals surface area contributed by atoms with Crippen molar-refractivity contribution < 1.29 is 8.78 Å². The normalized spacial score (nSPS) is 12.8. The first-order valence-corrected chi connectivity index (χ1v) is 7.41. The summed E-state index contributed by atoms with van der Waals surface area (Å²) in [5.41, 5.74) is 0.758. The molecule has 5 heteroatoms. The Labute approximate surface area is 131 Å². The SMILES string of the molecule is C#C/C=C(\C=C/Cn1ccc(C(C)(F)F)n1)CNCCCC. The second kappa shape index (κ2) is 9.16. The van der Waals surface area contributed by atoms with Crippen LogP contribution >= 0.6 is 0 Å². The van der Waals surface area contributed by atoms with Crippen molar-refractivity contribution in [1.82, 2.24) is 15.1 Å². The van der Waals surface area contributed by atoms with Crippen molar-refractivity contribution in [2.45, 2.75) is 39.2 Å². The van der Waals surface area contributed by atoms with Gasteiger partial charge in [-0.2, -0.15) is 13.9 Å². The summed E-state index contributed by atoms with van der Waals surface area (Å²) in [6.45, 7) is 5.04. The summed E-state index contributed by atoms with van der Waals surface area (Å²) in [5, 5.41) is 7.16. The average molecular weight is 307 g/mol. The van der Waals surface area contributed by atoms with Gasteiger partial charge in [0.05, 0.1) is 6.54 Å². The molecule has 120 valence electrons. The lowest BCUT2D eigenvalue weighted by Gasteiger charge is -2.05. The van der Waals surface area contributed by atoms with Crippen LogP contribution in [0, 0.1) is 12.3 Å². The van der Waals surface area contributed by atoms with E-state index in [2.05, 4.69) is 23.3 Å². The first kappa shape index (κ1) is 18.1. The van der Waals surface area contributed by atoms with Gasteiger partial charge in [0.1, 0.15) is 5.69 Å². The molecule has 0 bridgehead atoms. The van der Waals surface area contributed by atoms with Crippen molar-refractivity contribution in [3.63, 3.8) is 0 Å². The van der Waals surface area contributed by atoms with Crippen LogP contribution in [0.25, 0.3) is 0 Å². The molecular weight excluding hydrogens is 284 g/mol. The summed E-state index contributed by atoms with van der Waals surface area (Å²) >= 11 is 0. The molecule has 0 radical (unpaired) electrons. The van der Waals surface area contributed by atoms with Crippen LogP contribution in [0.5, 0.6) is 0 Å². The Balaban J connectivity index is 2.52. The maximum atomic E-state index is 13.1. The second-order valence-electron chi connectivity index (χ2n) is 5.13. The van der Waals surface area contributed by atoms with Crippen LogP contribution in [-0.4, -0.2) is 22.9 Å². The Kier molecular flexibility index (Phi) is 7.55. The first-order valence-electron chi connectivity index (χ1n) is 7.41. The molecule has 1 aromatic heterocycles. The van der Waals surface area contributed by atoms with Crippen molar-refractivity contribution in [1.29, 1.82) is 0 Å². The zero-order chi connectivity index (χ0) is 16.4. The van der Waals surface area contributed by atoms with E-state index in [1.54, 1.807) is 12.3 Å². The van der Waals surface area contributed by atoms with Gasteiger partial charge < -0.3 is 5.32 Å². The molecule has 1 aromatic rings. The molecule has 0 spiro atoms. The number of rotatable bonds is 9. The molecule has 0 atom stereocenters. The van der Waals surface area contributed by atoms with Gasteiger partial charge in [0.25, 0.3) is 5.92 Å². The third kappa shape index (κ3) is 6.68. The third-order valence-corrected chi connectivity index (χ3v) is 3.02. The quantitative estimate of drug-likeness (QED) is 0.430. The van der Waals surface area contributed by atoms with E-state index in [0.29, 0.717) is 13.1 Å². The molecule has 0 aliphatic carbocycles. The van der Waals surface area contributed by atoms with Crippen molar-refractivity contribution in [3.05, 3.63) is 41.8 Å². The maximum Gasteiger partial charge on any atom is 0.288 e. The molecule has 0 aromatic carbocycles. The zero-order valence-corrected chi connectivity index (χ0v) is 13.1. The molecule has 0 saturated heterocycles. The van der Waals surface area contributed by atoms with Crippen molar-refractivity contribution in [3.8, 4) is 12.3 Å². The van der Waals surface area contributed by atoms with E-state index in [4.69, 9.17) is 6.42 Å². The van der Waals surface area contributed by atoms with Crippen LogP contribution < -0.4 is 5.32 Å². The minimum atomic E-state index is -2.91. The molecule has 1 heterocycles. The van der Waals surface area contributed by atoms with Crippen LogP contribution in [0.15, 0.2) is 36.1 Å². The zero-order valence-electron chi connectivity index (χ0n) is 13.1. The topological polar surface area (TPSA) is 29.9 Å². The Morgan fingerprint density at radius 2 is 2.32 bits per heavy atom. The number of aromatic nitrogens is 2. The van der Waals surface area contributed by atoms with Gasteiger partial charge >= 0.3 is 0 Å². The number of nitrogens with one attached hydrogen (secondary N) is 1. The molecule has 0 aliphatic heterocycles. The van der Waals surface area contributed by atoms with Gasteiger partial charge in [0.15, 0.2) is 0 Å². The van der Waals surface area contributed by atoms with Gasteiger partial charge in [-0.05, 0) is 30.7 Å². The van der Waals surface area contributed by atoms with E-state index in [1.807, 2.05) is 12.2 Å². The van der Waals surface area contributed by atoms with Crippen molar-refractivity contribution >= 4 is 0 Å². The van der Waals surface area contributed by atoms with E-state index in [9.17, 15) is 8.78 Å². The molecule has 1 N–H and O–H groups in total. The van der Waals surface area contributed by atoms with E-state index in [0.717, 1.165) is 31.9 Å². The third-order valence-electron chi connectivity index (χ3n) is 3.02. The average Bonchev–Trinajstić information content (AvgIpc) is 2.92. The standard InChI is InChI=1S/C17H23F2N3/c1-4-6-11-20-14-15(8-5-2)9-7-12-22-13-10-16(21-22)17(3,18)19/h2,7-10,13,20H,4,6,11-12,14H2,1,3H3/b9-7-,15-8+. The maximum absolute atomic E-state index is 13.1. The molecule has 0 aliphatic rings. The lowest BCUT2D eigenvalue weighted by Crippen LogP contribution is -2.17. The van der Waals surface area contributed by atoms with E-state index < -0.39 is 5.92 Å². The number of nitrogens with zero attached hydrogens (tertiary/aromatic N) is 2. The predicted octanol–water partition coefficient (Wildman–Crippen LogP) is 3.50. The number of alkyl halides is 2. The second-order valence-corrected chi connectivity index (χ2v) is 5.13. The highest BCUT2D eigenvalue weighted by atomic mass is 19.3. The van der Waals surface area contributed by atoms with Crippen LogP contribution in [0.3, 0.4) is 0 Å². The number of terminal acetylenes is 1. The number of halogens is 2. The molecule has 3 nitrogen and oxygen atoms in total. The predicted molar refractivity (Wildman–Crippen MR) is 85.6 cm³/mol. The van der Waals surface area contributed by atoms with E-state index in [1.165, 1.54) is 10.7 Å². The van der Waals surface area contributed by atoms with Gasteiger partial charge in [-0.15, -0.1) is 6.42 Å². The molecule has 0 fully saturated rings. The van der Waals surface area contributed by atoms with Gasteiger partial charge in [0, 0.05) is 19.7 Å². The number of hydrogen-bond donors (Lipinski definition) is 1. The largest absolute Gasteiger partial charge is 0.313 e. The summed E-state index contributed by atoms with van der Waals surface area (Å²) in [5.74, 6) is -0.404. The highest BCUT2D eigenvalue weighted by molar-refractivity contribution is 5.28. The Hall–Kier alpha value is -1.93. The number of hydrogen-bond acceptors (Lipinski definition) is 2. The van der Waals surface area contributed by atoms with Gasteiger partial charge in [0.2, 0.25) is 0 Å². The Morgan fingerprint density at radius 1 is 1.55 bits per heavy atom. The summed E-state index contributed by atoms with van der Waals surface area (Å²) in [6.07, 6.45) is 14.6. The fourth-order valence-corrected chi connectivity index (χ4v) is 1.81. The van der Waals surface area contributed by atoms with Crippen molar-refractivity contribution in [2.75, 3.05) is 13.1 Å². The summed E-state index contributed by atoms with van der Waals surface area (Å²) in [7, 11) is 0. The Bertz CT molecular complexity index is 545. The minimum absolute atomic E-state index is 0.221. The summed E-state index contributed by atoms with van der Waals surface area (Å²) in [4.78, 5) is 0. The van der Waals surface area contributed by atoms with E-state index >= 15 is 0 Å². The minimum Gasteiger partial charge on any atom is -0.313 e. The number of unbranched alkanes of at least 4 members (excludes halogenated alkanes) is 1. The van der Waals surface area contributed by atoms with Gasteiger partial charge in [-0.1, -0.05) is 31.4 Å². The lowest BCUT2D eigenvalue weighted by molar-refractivity contribution is 0.0121. The summed E-state index contributed by atoms with van der Waals surface area (Å²) < 4.78 is 27.6. The molecule has 22 heavy (non-hydrogen) atoms. The highest BCUT2D eigenvalue weighted by Gasteiger charge is 2.26. The smallest absolute Gasteiger partial charge is 0.288 e. The molecular formula is C17H23F2N3. The fourth-order valence-electron chi connectivity index (χ4n) is 1.81. The lowest BCUT2D eigenvalue weighted by atomic mass is 10.2. The van der Waals surface area contributed by atoms with Gasteiger partial charge in [-0.3, -0.25) is 4.68 Å². The van der Waals surface area contributed by atoms with Gasteiger partial charge in [-0.25, -0.2) is 0 Å². The van der Waals surface area contributed by atoms with Crippen LogP contribution in [0.2, 0.25) is 0 Å². The molecule has 0 saturated carbocycles. The first-order chi connectivity index (χ1) is 10.5. The van der Waals surface area contributed by atoms with Crippen molar-refractivity contribution in [2.24, 2.45) is 0 Å². The molecule has 0 unspecified atom stereocenters.